The van der Waals surface area contributed by atoms with E-state index in [4.69, 9.17) is 0 Å². The molecule has 2 aliphatic heterocycles. The second kappa shape index (κ2) is 5.48. The topological polar surface area (TPSA) is 83.6 Å². The smallest absolute Gasteiger partial charge is 0.245 e. The molecule has 0 aliphatic carbocycles. The van der Waals surface area contributed by atoms with Crippen LogP contribution in [0.15, 0.2) is 0 Å². The molecule has 2 unspecified atom stereocenters. The number of sulfone groups is 1. The lowest BCUT2D eigenvalue weighted by molar-refractivity contribution is -0.144. The minimum absolute atomic E-state index is 0.0228. The van der Waals surface area contributed by atoms with Crippen molar-refractivity contribution in [2.75, 3.05) is 18.8 Å². The van der Waals surface area contributed by atoms with E-state index in [1.807, 2.05) is 6.92 Å². The molecule has 108 valence electrons. The molecule has 0 aromatic heterocycles. The molecule has 0 aromatic rings. The first-order chi connectivity index (χ1) is 8.94. The fraction of sp³-hybridized carbons (Fsp3) is 0.833. The number of amides is 2. The van der Waals surface area contributed by atoms with Gasteiger partial charge in [-0.1, -0.05) is 13.3 Å². The van der Waals surface area contributed by atoms with E-state index in [1.165, 1.54) is 4.90 Å². The van der Waals surface area contributed by atoms with Gasteiger partial charge in [-0.3, -0.25) is 9.59 Å². The highest BCUT2D eigenvalue weighted by atomic mass is 32.2. The lowest BCUT2D eigenvalue weighted by Gasteiger charge is -2.33. The average Bonchev–Trinajstić information content (AvgIpc) is 2.65. The summed E-state index contributed by atoms with van der Waals surface area (Å²) in [5, 5.41) is 2.17. The summed E-state index contributed by atoms with van der Waals surface area (Å²) in [6, 6.07) is -0.490. The van der Waals surface area contributed by atoms with E-state index in [1.54, 1.807) is 0 Å². The summed E-state index contributed by atoms with van der Waals surface area (Å²) in [7, 11) is -3.08. The fourth-order valence-electron chi connectivity index (χ4n) is 2.72. The highest BCUT2D eigenvalue weighted by Gasteiger charge is 2.38. The Morgan fingerprint density at radius 3 is 2.68 bits per heavy atom. The Morgan fingerprint density at radius 2 is 2.11 bits per heavy atom. The third kappa shape index (κ3) is 3.08. The van der Waals surface area contributed by atoms with Crippen LogP contribution < -0.4 is 5.32 Å². The van der Waals surface area contributed by atoms with Crippen LogP contribution in [0.4, 0.5) is 0 Å². The van der Waals surface area contributed by atoms with Crippen molar-refractivity contribution in [1.29, 1.82) is 0 Å². The Kier molecular flexibility index (Phi) is 4.13. The molecule has 2 saturated heterocycles. The van der Waals surface area contributed by atoms with Gasteiger partial charge in [0.25, 0.3) is 0 Å². The monoisotopic (exact) mass is 288 g/mol. The van der Waals surface area contributed by atoms with Gasteiger partial charge >= 0.3 is 0 Å². The summed E-state index contributed by atoms with van der Waals surface area (Å²) < 4.78 is 23.6. The molecule has 2 rings (SSSR count). The minimum Gasteiger partial charge on any atom is -0.343 e. The fourth-order valence-corrected chi connectivity index (χ4v) is 4.56. The number of rotatable bonds is 4. The van der Waals surface area contributed by atoms with Gasteiger partial charge in [-0.15, -0.1) is 0 Å². The maximum absolute atomic E-state index is 12.2. The number of carbonyl (C=O) groups excluding carboxylic acids is 2. The van der Waals surface area contributed by atoms with E-state index < -0.39 is 21.1 Å². The molecule has 0 aromatic carbocycles. The molecule has 2 heterocycles. The maximum atomic E-state index is 12.2. The Labute approximate surface area is 113 Å². The van der Waals surface area contributed by atoms with Gasteiger partial charge in [0.05, 0.1) is 17.5 Å². The first-order valence-electron chi connectivity index (χ1n) is 6.73. The lowest BCUT2D eigenvalue weighted by atomic mass is 10.1. The molecular weight excluding hydrogens is 268 g/mol. The average molecular weight is 288 g/mol. The van der Waals surface area contributed by atoms with Crippen molar-refractivity contribution >= 4 is 21.7 Å². The van der Waals surface area contributed by atoms with Gasteiger partial charge in [-0.2, -0.15) is 0 Å². The molecular formula is C12H20N2O4S. The van der Waals surface area contributed by atoms with Crippen molar-refractivity contribution in [2.45, 2.75) is 43.9 Å². The van der Waals surface area contributed by atoms with Gasteiger partial charge in [-0.05, 0) is 19.3 Å². The zero-order valence-electron chi connectivity index (χ0n) is 11.1. The van der Waals surface area contributed by atoms with Gasteiger partial charge < -0.3 is 10.2 Å². The molecule has 2 amide bonds. The van der Waals surface area contributed by atoms with Crippen molar-refractivity contribution in [3.63, 3.8) is 0 Å². The van der Waals surface area contributed by atoms with Crippen LogP contribution in [0.1, 0.15) is 32.6 Å². The standard InChI is InChI=1S/C12H20N2O4S/c1-2-4-10-12(16)14(8-11(15)13-10)7-9-5-3-6-19(9,17)18/h9-10H,2-8H2,1H3,(H,13,15). The number of carbonyl (C=O) groups is 2. The highest BCUT2D eigenvalue weighted by molar-refractivity contribution is 7.92. The zero-order valence-corrected chi connectivity index (χ0v) is 11.9. The van der Waals surface area contributed by atoms with Crippen LogP contribution in [0.5, 0.6) is 0 Å². The van der Waals surface area contributed by atoms with Crippen LogP contribution in [0.3, 0.4) is 0 Å². The molecule has 2 aliphatic rings. The van der Waals surface area contributed by atoms with E-state index in [2.05, 4.69) is 5.32 Å². The van der Waals surface area contributed by atoms with Crippen molar-refractivity contribution in [1.82, 2.24) is 10.2 Å². The largest absolute Gasteiger partial charge is 0.343 e. The second-order valence-electron chi connectivity index (χ2n) is 5.26. The first kappa shape index (κ1) is 14.3. The number of nitrogens with zero attached hydrogens (tertiary/aromatic N) is 1. The van der Waals surface area contributed by atoms with Crippen molar-refractivity contribution in [3.05, 3.63) is 0 Å². The van der Waals surface area contributed by atoms with Crippen LogP contribution in [0.2, 0.25) is 0 Å². The molecule has 6 nitrogen and oxygen atoms in total. The predicted molar refractivity (Wildman–Crippen MR) is 70.2 cm³/mol. The highest BCUT2D eigenvalue weighted by Crippen LogP contribution is 2.22. The molecule has 0 saturated carbocycles. The molecule has 19 heavy (non-hydrogen) atoms. The van der Waals surface area contributed by atoms with Crippen molar-refractivity contribution < 1.29 is 18.0 Å². The second-order valence-corrected chi connectivity index (χ2v) is 7.66. The van der Waals surface area contributed by atoms with Crippen LogP contribution in [0, 0.1) is 0 Å². The normalized spacial score (nSPS) is 30.5. The quantitative estimate of drug-likeness (QED) is 0.769. The Balaban J connectivity index is 2.06. The van der Waals surface area contributed by atoms with Crippen molar-refractivity contribution in [3.8, 4) is 0 Å². The van der Waals surface area contributed by atoms with Gasteiger partial charge in [0.2, 0.25) is 11.8 Å². The molecule has 0 bridgehead atoms. The Bertz CT molecular complexity index is 474. The van der Waals surface area contributed by atoms with Crippen LogP contribution in [0.25, 0.3) is 0 Å². The Hall–Kier alpha value is -1.11. The van der Waals surface area contributed by atoms with Gasteiger partial charge in [0.15, 0.2) is 9.84 Å². The maximum Gasteiger partial charge on any atom is 0.245 e. The molecule has 1 N–H and O–H groups in total. The van der Waals surface area contributed by atoms with Gasteiger partial charge in [-0.25, -0.2) is 8.42 Å². The number of hydrogen-bond donors (Lipinski definition) is 1. The van der Waals surface area contributed by atoms with E-state index in [9.17, 15) is 18.0 Å². The summed E-state index contributed by atoms with van der Waals surface area (Å²) >= 11 is 0. The molecule has 7 heteroatoms. The van der Waals surface area contributed by atoms with E-state index >= 15 is 0 Å². The summed E-state index contributed by atoms with van der Waals surface area (Å²) in [6.45, 7) is 2.08. The number of piperazine rings is 1. The third-order valence-corrected chi connectivity index (χ3v) is 6.00. The van der Waals surface area contributed by atoms with E-state index in [0.29, 0.717) is 19.3 Å². The summed E-state index contributed by atoms with van der Waals surface area (Å²) in [4.78, 5) is 25.2. The van der Waals surface area contributed by atoms with Gasteiger partial charge in [0, 0.05) is 6.54 Å². The summed E-state index contributed by atoms with van der Waals surface area (Å²) in [6.07, 6.45) is 2.64. The number of hydrogen-bond acceptors (Lipinski definition) is 4. The van der Waals surface area contributed by atoms with Gasteiger partial charge in [0.1, 0.15) is 6.04 Å². The van der Waals surface area contributed by atoms with E-state index in [0.717, 1.165) is 6.42 Å². The zero-order chi connectivity index (χ0) is 14.0. The Morgan fingerprint density at radius 1 is 1.37 bits per heavy atom. The first-order valence-corrected chi connectivity index (χ1v) is 8.45. The SMILES string of the molecule is CCCC1NC(=O)CN(CC2CCCS2(=O)=O)C1=O. The molecule has 2 atom stereocenters. The van der Waals surface area contributed by atoms with E-state index in [-0.39, 0.29) is 30.7 Å². The lowest BCUT2D eigenvalue weighted by Crippen LogP contribution is -2.59. The van der Waals surface area contributed by atoms with Crippen LogP contribution >= 0.6 is 0 Å². The van der Waals surface area contributed by atoms with Crippen LogP contribution in [-0.4, -0.2) is 55.3 Å². The molecule has 0 radical (unpaired) electrons. The third-order valence-electron chi connectivity index (χ3n) is 3.74. The molecule has 2 fully saturated rings. The summed E-state index contributed by atoms with van der Waals surface area (Å²) in [5.41, 5.74) is 0. The van der Waals surface area contributed by atoms with Crippen molar-refractivity contribution in [2.24, 2.45) is 0 Å². The van der Waals surface area contributed by atoms with Crippen LogP contribution in [-0.2, 0) is 19.4 Å². The predicted octanol–water partition coefficient (Wildman–Crippen LogP) is -0.309. The summed E-state index contributed by atoms with van der Waals surface area (Å²) in [5.74, 6) is -0.151. The minimum atomic E-state index is -3.08. The number of nitrogens with one attached hydrogen (secondary N) is 1. The molecule has 0 spiro atoms.